The van der Waals surface area contributed by atoms with Gasteiger partial charge in [0.05, 0.1) is 38.5 Å². The molecule has 2 aromatic rings. The van der Waals surface area contributed by atoms with E-state index in [-0.39, 0.29) is 60.2 Å². The molecule has 1 aliphatic rings. The minimum absolute atomic E-state index is 0.0187. The predicted molar refractivity (Wildman–Crippen MR) is 204 cm³/mol. The van der Waals surface area contributed by atoms with E-state index in [4.69, 9.17) is 24.3 Å². The summed E-state index contributed by atoms with van der Waals surface area (Å²) < 4.78 is 67.1. The molecule has 2 unspecified atom stereocenters. The number of esters is 1. The molecule has 1 aliphatic heterocycles. The number of nitrogen functional groups attached to an aromatic ring is 1. The molecule has 0 aromatic carbocycles. The molecule has 11 N–H and O–H groups in total. The number of amides is 2. The van der Waals surface area contributed by atoms with Crippen molar-refractivity contribution in [1.29, 1.82) is 0 Å². The van der Waals surface area contributed by atoms with E-state index < -0.39 is 103 Å². The molecule has 2 aromatic heterocycles. The first-order valence-corrected chi connectivity index (χ1v) is 23.1. The van der Waals surface area contributed by atoms with Crippen LogP contribution in [0.1, 0.15) is 53.2 Å². The highest BCUT2D eigenvalue weighted by atomic mass is 32.2. The van der Waals surface area contributed by atoms with Gasteiger partial charge in [0.1, 0.15) is 42.4 Å². The molecule has 340 valence electrons. The van der Waals surface area contributed by atoms with E-state index in [9.17, 15) is 67.8 Å². The summed E-state index contributed by atoms with van der Waals surface area (Å²) in [7, 11) is -16.5. The molecule has 9 atom stereocenters. The van der Waals surface area contributed by atoms with Gasteiger partial charge in [0.15, 0.2) is 22.8 Å². The fourth-order valence-electron chi connectivity index (χ4n) is 5.14. The highest BCUT2D eigenvalue weighted by Crippen LogP contribution is 2.61. The van der Waals surface area contributed by atoms with Gasteiger partial charge in [-0.2, -0.15) is 4.31 Å². The summed E-state index contributed by atoms with van der Waals surface area (Å²) in [5.74, 6) is -2.03. The summed E-state index contributed by atoms with van der Waals surface area (Å²) in [5, 5.41) is 35.2. The quantitative estimate of drug-likeness (QED) is 0.0334. The number of phosphoric ester groups is 3. The average molecular weight is 940 g/mol. The Bertz CT molecular complexity index is 1970. The Morgan fingerprint density at radius 3 is 2.32 bits per heavy atom. The zero-order valence-corrected chi connectivity index (χ0v) is 35.9. The first-order valence-electron chi connectivity index (χ1n) is 17.6. The van der Waals surface area contributed by atoms with Gasteiger partial charge in [-0.25, -0.2) is 28.6 Å². The van der Waals surface area contributed by atoms with Crippen molar-refractivity contribution in [3.8, 4) is 0 Å². The number of aromatic nitrogens is 4. The summed E-state index contributed by atoms with van der Waals surface area (Å²) in [6.07, 6.45) is -8.97. The number of hydrogen-bond acceptors (Lipinski definition) is 21. The van der Waals surface area contributed by atoms with Crippen molar-refractivity contribution in [1.82, 2.24) is 30.2 Å². The van der Waals surface area contributed by atoms with Crippen LogP contribution >= 0.6 is 35.2 Å². The van der Waals surface area contributed by atoms with Crippen LogP contribution in [0, 0.1) is 5.41 Å². The topological polar surface area (TPSA) is 410 Å². The van der Waals surface area contributed by atoms with E-state index in [0.717, 1.165) is 29.0 Å². The van der Waals surface area contributed by atoms with Crippen molar-refractivity contribution >= 4 is 75.1 Å². The number of rotatable bonds is 24. The first kappa shape index (κ1) is 51.3. The number of phosphoric acid groups is 3. The van der Waals surface area contributed by atoms with Gasteiger partial charge in [-0.05, 0) is 13.8 Å². The normalized spacial score (nSPS) is 22.0. The Kier molecular flexibility index (Phi) is 18.7. The highest BCUT2D eigenvalue weighted by molar-refractivity contribution is 8.13. The van der Waals surface area contributed by atoms with Gasteiger partial charge in [-0.1, -0.05) is 25.6 Å². The SMILES string of the molecule is C[C@H](CC(=O)SCCNC(=O)CCNC(=O)[C@H](O)C(C)(C)COP(=O)(O)OP(=O)(O)OC[C@H]1O[C@@H](n2cnc3c(N)ncnc32)[C@H](O)[C@@H]1OP(=O)(O)O)OC(=O)C[C@@H](C)O. The minimum Gasteiger partial charge on any atom is -0.462 e. The number of aliphatic hydroxyl groups is 3. The smallest absolute Gasteiger partial charge is 0.462 e. The van der Waals surface area contributed by atoms with E-state index in [1.165, 1.54) is 27.7 Å². The third kappa shape index (κ3) is 16.4. The number of aliphatic hydroxyl groups excluding tert-OH is 3. The van der Waals surface area contributed by atoms with Crippen molar-refractivity contribution in [3.05, 3.63) is 12.7 Å². The first-order chi connectivity index (χ1) is 27.7. The predicted octanol–water partition coefficient (Wildman–Crippen LogP) is -1.24. The van der Waals surface area contributed by atoms with E-state index in [1.54, 1.807) is 0 Å². The fourth-order valence-corrected chi connectivity index (χ4v) is 8.76. The number of carbonyl (C=O) groups excluding carboxylic acids is 4. The van der Waals surface area contributed by atoms with Crippen LogP contribution in [0.4, 0.5) is 5.82 Å². The van der Waals surface area contributed by atoms with E-state index in [2.05, 4.69) is 34.4 Å². The molecule has 2 amide bonds. The van der Waals surface area contributed by atoms with E-state index in [0.29, 0.717) is 0 Å². The van der Waals surface area contributed by atoms with Crippen molar-refractivity contribution < 1.29 is 95.1 Å². The summed E-state index contributed by atoms with van der Waals surface area (Å²) in [6, 6.07) is 0. The Balaban J connectivity index is 1.44. The molecule has 0 radical (unpaired) electrons. The average Bonchev–Trinajstić information content (AvgIpc) is 3.67. The molecular weight excluding hydrogens is 891 g/mol. The minimum atomic E-state index is -5.60. The molecular formula is C29H48N7O20P3S. The van der Waals surface area contributed by atoms with Gasteiger partial charge in [0, 0.05) is 30.7 Å². The Morgan fingerprint density at radius 1 is 1.00 bits per heavy atom. The maximum Gasteiger partial charge on any atom is 0.481 e. The number of ether oxygens (including phenoxy) is 2. The molecule has 0 spiro atoms. The second-order valence-electron chi connectivity index (χ2n) is 13.8. The van der Waals surface area contributed by atoms with Crippen LogP contribution in [0.3, 0.4) is 0 Å². The number of hydrogen-bond donors (Lipinski definition) is 10. The molecule has 1 fully saturated rings. The molecule has 1 saturated heterocycles. The lowest BCUT2D eigenvalue weighted by Gasteiger charge is -2.30. The van der Waals surface area contributed by atoms with Crippen molar-refractivity contribution in [2.45, 2.75) is 89.8 Å². The zero-order valence-electron chi connectivity index (χ0n) is 32.4. The third-order valence-corrected chi connectivity index (χ3v) is 12.0. The maximum absolute atomic E-state index is 12.7. The van der Waals surface area contributed by atoms with Crippen LogP contribution in [-0.2, 0) is 60.2 Å². The van der Waals surface area contributed by atoms with Crippen LogP contribution in [0.2, 0.25) is 0 Å². The van der Waals surface area contributed by atoms with E-state index in [1.807, 2.05) is 0 Å². The van der Waals surface area contributed by atoms with Crippen LogP contribution in [0.25, 0.3) is 11.2 Å². The number of thioether (sulfide) groups is 1. The molecule has 0 bridgehead atoms. The monoisotopic (exact) mass is 939 g/mol. The lowest BCUT2D eigenvalue weighted by atomic mass is 9.87. The van der Waals surface area contributed by atoms with Gasteiger partial charge < -0.3 is 60.7 Å². The number of anilines is 1. The van der Waals surface area contributed by atoms with Gasteiger partial charge in [0.2, 0.25) is 11.8 Å². The van der Waals surface area contributed by atoms with Crippen molar-refractivity contribution in [2.75, 3.05) is 37.8 Å². The van der Waals surface area contributed by atoms with Crippen LogP contribution in [-0.4, -0.2) is 146 Å². The number of nitrogens with one attached hydrogen (secondary N) is 2. The number of nitrogens with zero attached hydrogens (tertiary/aromatic N) is 4. The Hall–Kier alpha value is -3.01. The fraction of sp³-hybridized carbons (Fsp3) is 0.690. The Morgan fingerprint density at radius 2 is 1.67 bits per heavy atom. The summed E-state index contributed by atoms with van der Waals surface area (Å²) >= 11 is 0.899. The van der Waals surface area contributed by atoms with Gasteiger partial charge >= 0.3 is 29.4 Å². The molecule has 3 heterocycles. The van der Waals surface area contributed by atoms with E-state index >= 15 is 0 Å². The van der Waals surface area contributed by atoms with Crippen LogP contribution < -0.4 is 16.4 Å². The van der Waals surface area contributed by atoms with Crippen molar-refractivity contribution in [2.24, 2.45) is 5.41 Å². The number of fused-ring (bicyclic) bond motifs is 1. The summed E-state index contributed by atoms with van der Waals surface area (Å²) in [5.41, 5.74) is 4.20. The molecule has 27 nitrogen and oxygen atoms in total. The van der Waals surface area contributed by atoms with Crippen LogP contribution in [0.5, 0.6) is 0 Å². The number of nitrogens with two attached hydrogens (primary N) is 1. The number of carbonyl (C=O) groups is 4. The second kappa shape index (κ2) is 21.9. The largest absolute Gasteiger partial charge is 0.481 e. The molecule has 60 heavy (non-hydrogen) atoms. The van der Waals surface area contributed by atoms with Gasteiger partial charge in [-0.15, -0.1) is 0 Å². The Labute approximate surface area is 345 Å². The summed E-state index contributed by atoms with van der Waals surface area (Å²) in [6.45, 7) is 3.16. The maximum atomic E-state index is 12.7. The third-order valence-electron chi connectivity index (χ3n) is 8.01. The summed E-state index contributed by atoms with van der Waals surface area (Å²) in [4.78, 5) is 99.4. The molecule has 3 rings (SSSR count). The lowest BCUT2D eigenvalue weighted by Crippen LogP contribution is -2.46. The highest BCUT2D eigenvalue weighted by Gasteiger charge is 2.50. The lowest BCUT2D eigenvalue weighted by molar-refractivity contribution is -0.150. The van der Waals surface area contributed by atoms with Gasteiger partial charge in [0.25, 0.3) is 0 Å². The molecule has 31 heteroatoms. The van der Waals surface area contributed by atoms with Gasteiger partial charge in [-0.3, -0.25) is 37.3 Å². The zero-order chi connectivity index (χ0) is 45.2. The second-order valence-corrected chi connectivity index (χ2v) is 19.2. The number of imidazole rings is 1. The van der Waals surface area contributed by atoms with Crippen LogP contribution in [0.15, 0.2) is 12.7 Å². The molecule has 0 saturated carbocycles. The molecule has 0 aliphatic carbocycles. The standard InChI is InChI=1S/C29H48N7O20P3S/c1-15(37)9-19(39)53-16(2)10-20(40)60-8-7-31-18(38)5-6-32-27(43)24(42)29(3,4)12-52-59(49,50)56-58(47,48)51-11-17-23(55-57(44,45)46)22(41)28(54-17)36-14-35-21-25(30)33-13-34-26(21)36/h13-17,22-24,28,37,41-42H,5-12H2,1-4H3,(H,31,38)(H,32,43)(H,47,48)(H,49,50)(H2,30,33,34)(H2,44,45,46)/t15-,16-,17-,22-,23-,24+,28-/m1/s1. The van der Waals surface area contributed by atoms with Crippen molar-refractivity contribution in [3.63, 3.8) is 0 Å².